The van der Waals surface area contributed by atoms with Crippen LogP contribution < -0.4 is 10.1 Å². The summed E-state index contributed by atoms with van der Waals surface area (Å²) in [6, 6.07) is 15.3. The van der Waals surface area contributed by atoms with Crippen LogP contribution in [-0.4, -0.2) is 47.9 Å². The summed E-state index contributed by atoms with van der Waals surface area (Å²) in [5.74, 6) is 1.27. The number of nitrogens with zero attached hydrogens (tertiary/aromatic N) is 2. The van der Waals surface area contributed by atoms with E-state index >= 15 is 0 Å². The third-order valence-corrected chi connectivity index (χ3v) is 7.62. The van der Waals surface area contributed by atoms with Gasteiger partial charge in [-0.2, -0.15) is 0 Å². The molecule has 7 heteroatoms. The number of ether oxygens (including phenoxy) is 1. The molecule has 2 aliphatic rings. The van der Waals surface area contributed by atoms with Crippen LogP contribution in [0.15, 0.2) is 48.5 Å². The SMILES string of the molecule is COc1ccccc1C(=O)NC[C@@H]1[C@H]2C[C@H]2CN1C(=O)c1nc(C)sc1-c1cccc(C)c1. The minimum Gasteiger partial charge on any atom is -0.496 e. The van der Waals surface area contributed by atoms with Gasteiger partial charge in [-0.3, -0.25) is 9.59 Å². The summed E-state index contributed by atoms with van der Waals surface area (Å²) in [6.07, 6.45) is 1.11. The van der Waals surface area contributed by atoms with Crippen LogP contribution in [0.25, 0.3) is 10.4 Å². The first kappa shape index (κ1) is 21.6. The number of thiazole rings is 1. The van der Waals surface area contributed by atoms with Crippen molar-refractivity contribution in [2.75, 3.05) is 20.2 Å². The largest absolute Gasteiger partial charge is 0.496 e. The highest BCUT2D eigenvalue weighted by Crippen LogP contribution is 2.50. The summed E-state index contributed by atoms with van der Waals surface area (Å²) >= 11 is 1.55. The molecule has 1 saturated heterocycles. The number of benzene rings is 2. The molecule has 3 aromatic rings. The van der Waals surface area contributed by atoms with Crippen LogP contribution in [0.2, 0.25) is 0 Å². The van der Waals surface area contributed by atoms with Gasteiger partial charge in [0, 0.05) is 13.1 Å². The van der Waals surface area contributed by atoms with E-state index in [4.69, 9.17) is 4.74 Å². The fraction of sp³-hybridized carbons (Fsp3) is 0.346. The van der Waals surface area contributed by atoms with Gasteiger partial charge in [-0.1, -0.05) is 42.0 Å². The number of carbonyl (C=O) groups excluding carboxylic acids is 2. The van der Waals surface area contributed by atoms with Crippen molar-refractivity contribution in [1.82, 2.24) is 15.2 Å². The molecule has 1 aliphatic carbocycles. The Labute approximate surface area is 197 Å². The molecule has 1 aliphatic heterocycles. The molecular formula is C26H27N3O3S. The van der Waals surface area contributed by atoms with Crippen molar-refractivity contribution in [3.05, 3.63) is 70.4 Å². The fourth-order valence-electron chi connectivity index (χ4n) is 4.88. The highest BCUT2D eigenvalue weighted by atomic mass is 32.1. The second-order valence-electron chi connectivity index (χ2n) is 8.87. The average molecular weight is 462 g/mol. The molecule has 1 N–H and O–H groups in total. The van der Waals surface area contributed by atoms with Gasteiger partial charge in [0.25, 0.3) is 11.8 Å². The lowest BCUT2D eigenvalue weighted by Gasteiger charge is -2.27. The summed E-state index contributed by atoms with van der Waals surface area (Å²) in [7, 11) is 1.56. The Morgan fingerprint density at radius 2 is 2.00 bits per heavy atom. The third kappa shape index (κ3) is 4.13. The molecule has 170 valence electrons. The molecule has 0 radical (unpaired) electrons. The quantitative estimate of drug-likeness (QED) is 0.593. The summed E-state index contributed by atoms with van der Waals surface area (Å²) in [5, 5.41) is 3.91. The van der Waals surface area contributed by atoms with Crippen LogP contribution in [0.5, 0.6) is 5.75 Å². The Kier molecular flexibility index (Phi) is 5.66. The number of methoxy groups -OCH3 is 1. The lowest BCUT2D eigenvalue weighted by Crippen LogP contribution is -2.45. The number of nitrogens with one attached hydrogen (secondary N) is 1. The highest BCUT2D eigenvalue weighted by molar-refractivity contribution is 7.15. The minimum absolute atomic E-state index is 0.0199. The van der Waals surface area contributed by atoms with Crippen LogP contribution in [-0.2, 0) is 0 Å². The number of hydrogen-bond donors (Lipinski definition) is 1. The first-order valence-corrected chi connectivity index (χ1v) is 12.0. The maximum Gasteiger partial charge on any atom is 0.274 e. The molecule has 0 bridgehead atoms. The normalized spacial score (nSPS) is 20.9. The molecule has 1 aromatic heterocycles. The number of likely N-dealkylation sites (tertiary alicyclic amines) is 1. The van der Waals surface area contributed by atoms with E-state index in [0.717, 1.165) is 34.0 Å². The van der Waals surface area contributed by atoms with Gasteiger partial charge in [0.2, 0.25) is 0 Å². The van der Waals surface area contributed by atoms with Gasteiger partial charge in [-0.15, -0.1) is 11.3 Å². The first-order valence-electron chi connectivity index (χ1n) is 11.2. The minimum atomic E-state index is -0.186. The Morgan fingerprint density at radius 3 is 2.79 bits per heavy atom. The smallest absolute Gasteiger partial charge is 0.274 e. The zero-order chi connectivity index (χ0) is 23.1. The summed E-state index contributed by atoms with van der Waals surface area (Å²) < 4.78 is 5.32. The zero-order valence-corrected chi connectivity index (χ0v) is 19.8. The van der Waals surface area contributed by atoms with Crippen molar-refractivity contribution >= 4 is 23.2 Å². The van der Waals surface area contributed by atoms with Gasteiger partial charge < -0.3 is 15.0 Å². The van der Waals surface area contributed by atoms with Gasteiger partial charge in [0.15, 0.2) is 0 Å². The first-order chi connectivity index (χ1) is 16.0. The second-order valence-corrected chi connectivity index (χ2v) is 10.1. The van der Waals surface area contributed by atoms with E-state index in [2.05, 4.69) is 16.4 Å². The van der Waals surface area contributed by atoms with Crippen LogP contribution >= 0.6 is 11.3 Å². The molecule has 6 nitrogen and oxygen atoms in total. The van der Waals surface area contributed by atoms with Crippen LogP contribution in [0.4, 0.5) is 0 Å². The van der Waals surface area contributed by atoms with E-state index in [-0.39, 0.29) is 17.9 Å². The molecule has 0 spiro atoms. The Bertz CT molecular complexity index is 1220. The topological polar surface area (TPSA) is 71.5 Å². The molecule has 1 saturated carbocycles. The number of aromatic nitrogens is 1. The van der Waals surface area contributed by atoms with Gasteiger partial charge in [0.1, 0.15) is 11.4 Å². The maximum atomic E-state index is 13.7. The van der Waals surface area contributed by atoms with E-state index in [1.165, 1.54) is 0 Å². The van der Waals surface area contributed by atoms with E-state index in [0.29, 0.717) is 35.4 Å². The van der Waals surface area contributed by atoms with Gasteiger partial charge >= 0.3 is 0 Å². The maximum absolute atomic E-state index is 13.7. The average Bonchev–Trinajstić information content (AvgIpc) is 3.33. The molecule has 2 fully saturated rings. The number of amides is 2. The molecule has 33 heavy (non-hydrogen) atoms. The number of rotatable bonds is 6. The van der Waals surface area contributed by atoms with Crippen molar-refractivity contribution < 1.29 is 14.3 Å². The predicted molar refractivity (Wildman–Crippen MR) is 129 cm³/mol. The lowest BCUT2D eigenvalue weighted by molar-refractivity contribution is 0.0690. The van der Waals surface area contributed by atoms with E-state index in [1.54, 1.807) is 30.6 Å². The Morgan fingerprint density at radius 1 is 1.18 bits per heavy atom. The monoisotopic (exact) mass is 461 g/mol. The molecule has 2 aromatic carbocycles. The Hall–Kier alpha value is -3.19. The number of hydrogen-bond acceptors (Lipinski definition) is 5. The second kappa shape index (κ2) is 8.63. The van der Waals surface area contributed by atoms with Crippen molar-refractivity contribution in [3.8, 4) is 16.2 Å². The van der Waals surface area contributed by atoms with Crippen molar-refractivity contribution in [2.24, 2.45) is 11.8 Å². The Balaban J connectivity index is 1.36. The van der Waals surface area contributed by atoms with Crippen molar-refractivity contribution in [3.63, 3.8) is 0 Å². The molecule has 3 atom stereocenters. The third-order valence-electron chi connectivity index (χ3n) is 6.60. The van der Waals surface area contributed by atoms with Gasteiger partial charge in [-0.25, -0.2) is 4.98 Å². The standard InChI is InChI=1S/C26H27N3O3S/c1-15-7-6-8-17(11-15)24-23(28-16(2)33-24)26(31)29-14-18-12-20(18)21(29)13-27-25(30)19-9-4-5-10-22(19)32-3/h4-11,18,20-21H,12-14H2,1-3H3,(H,27,30)/t18-,20-,21+/m0/s1. The van der Waals surface area contributed by atoms with Crippen LogP contribution in [0.3, 0.4) is 0 Å². The summed E-state index contributed by atoms with van der Waals surface area (Å²) in [4.78, 5) is 34.0. The zero-order valence-electron chi connectivity index (χ0n) is 19.0. The number of piperidine rings is 1. The molecule has 5 rings (SSSR count). The van der Waals surface area contributed by atoms with Gasteiger partial charge in [-0.05, 0) is 49.8 Å². The number of fused-ring (bicyclic) bond motifs is 1. The molecular weight excluding hydrogens is 434 g/mol. The van der Waals surface area contributed by atoms with E-state index in [1.807, 2.05) is 49.1 Å². The summed E-state index contributed by atoms with van der Waals surface area (Å²) in [6.45, 7) is 5.13. The number of carbonyl (C=O) groups is 2. The molecule has 2 amide bonds. The lowest BCUT2D eigenvalue weighted by atomic mass is 10.1. The van der Waals surface area contributed by atoms with Gasteiger partial charge in [0.05, 0.1) is 28.6 Å². The predicted octanol–water partition coefficient (Wildman–Crippen LogP) is 4.33. The number of para-hydroxylation sites is 1. The number of aryl methyl sites for hydroxylation is 2. The van der Waals surface area contributed by atoms with Crippen molar-refractivity contribution in [2.45, 2.75) is 26.3 Å². The highest BCUT2D eigenvalue weighted by Gasteiger charge is 2.54. The van der Waals surface area contributed by atoms with E-state index in [9.17, 15) is 9.59 Å². The summed E-state index contributed by atoms with van der Waals surface area (Å²) in [5.41, 5.74) is 3.19. The molecule has 2 heterocycles. The van der Waals surface area contributed by atoms with E-state index < -0.39 is 0 Å². The van der Waals surface area contributed by atoms with Crippen LogP contribution in [0.1, 0.15) is 37.8 Å². The van der Waals surface area contributed by atoms with Crippen molar-refractivity contribution in [1.29, 1.82) is 0 Å². The van der Waals surface area contributed by atoms with Crippen LogP contribution in [0, 0.1) is 25.7 Å². The molecule has 0 unspecified atom stereocenters. The fourth-order valence-corrected chi connectivity index (χ4v) is 5.79.